The molecule has 0 radical (unpaired) electrons. The minimum atomic E-state index is -0.953. The number of fused-ring (bicyclic) bond motifs is 2. The molecule has 0 aliphatic heterocycles. The molecular weight excluding hydrogens is 370 g/mol. The lowest BCUT2D eigenvalue weighted by Crippen LogP contribution is -2.11. The molecule has 3 aromatic rings. The molecule has 4 rings (SSSR count). The second-order valence-corrected chi connectivity index (χ2v) is 6.10. The number of nitro groups is 1. The van der Waals surface area contributed by atoms with Crippen LogP contribution in [0, 0.1) is 22.0 Å². The molecule has 3 aromatic carbocycles. The van der Waals surface area contributed by atoms with Gasteiger partial charge in [-0.25, -0.2) is 4.79 Å². The maximum absolute atomic E-state index is 12.4. The third kappa shape index (κ3) is 3.99. The molecule has 6 nitrogen and oxygen atoms in total. The molecule has 0 fully saturated rings. The van der Waals surface area contributed by atoms with Crippen molar-refractivity contribution in [1.82, 2.24) is 0 Å². The average molecular weight is 383 g/mol. The van der Waals surface area contributed by atoms with E-state index < -0.39 is 11.1 Å². The van der Waals surface area contributed by atoms with Crippen molar-refractivity contribution >= 4 is 23.7 Å². The van der Waals surface area contributed by atoms with Crippen LogP contribution >= 0.6 is 0 Å². The van der Waals surface area contributed by atoms with Crippen molar-refractivity contribution in [2.45, 2.75) is 0 Å². The van der Waals surface area contributed by atoms with Gasteiger partial charge >= 0.3 is 6.16 Å². The first kappa shape index (κ1) is 18.0. The minimum Gasteiger partial charge on any atom is -0.395 e. The van der Waals surface area contributed by atoms with E-state index in [1.54, 1.807) is 6.08 Å². The monoisotopic (exact) mass is 383 g/mol. The van der Waals surface area contributed by atoms with E-state index in [9.17, 15) is 14.9 Å². The van der Waals surface area contributed by atoms with Gasteiger partial charge in [-0.3, -0.25) is 10.1 Å². The zero-order chi connectivity index (χ0) is 20.2. The Bertz CT molecular complexity index is 1200. The van der Waals surface area contributed by atoms with Crippen LogP contribution in [-0.4, -0.2) is 11.1 Å². The normalized spacial score (nSPS) is 11.4. The van der Waals surface area contributed by atoms with E-state index in [0.717, 1.165) is 16.7 Å². The first-order valence-electron chi connectivity index (χ1n) is 8.66. The van der Waals surface area contributed by atoms with E-state index in [4.69, 9.17) is 9.47 Å². The summed E-state index contributed by atoms with van der Waals surface area (Å²) < 4.78 is 10.7. The summed E-state index contributed by atoms with van der Waals surface area (Å²) in [4.78, 5) is 22.6. The van der Waals surface area contributed by atoms with Gasteiger partial charge in [-0.1, -0.05) is 42.2 Å². The Labute approximate surface area is 166 Å². The van der Waals surface area contributed by atoms with Crippen LogP contribution in [0.2, 0.25) is 0 Å². The molecule has 0 spiro atoms. The maximum atomic E-state index is 12.4. The number of ether oxygens (including phenoxy) is 2. The number of nitro benzene ring substituents is 1. The number of carbonyl (C=O) groups excluding carboxylic acids is 1. The number of non-ortho nitro benzene ring substituents is 1. The summed E-state index contributed by atoms with van der Waals surface area (Å²) in [6.45, 7) is 0. The zero-order valence-corrected chi connectivity index (χ0v) is 15.0. The summed E-state index contributed by atoms with van der Waals surface area (Å²) in [5, 5.41) is 10.7. The largest absolute Gasteiger partial charge is 0.519 e. The molecule has 1 aliphatic rings. The minimum absolute atomic E-state index is 0.0995. The lowest BCUT2D eigenvalue weighted by Gasteiger charge is -2.13. The number of nitrogens with zero attached hydrogens (tertiary/aromatic N) is 1. The van der Waals surface area contributed by atoms with Crippen LogP contribution in [-0.2, 0) is 4.74 Å². The van der Waals surface area contributed by atoms with Gasteiger partial charge in [0.2, 0.25) is 0 Å². The fourth-order valence-electron chi connectivity index (χ4n) is 2.82. The third-order valence-corrected chi connectivity index (χ3v) is 4.21. The molecule has 0 unspecified atom stereocenters. The summed E-state index contributed by atoms with van der Waals surface area (Å²) >= 11 is 0. The smallest absolute Gasteiger partial charge is 0.395 e. The van der Waals surface area contributed by atoms with E-state index in [1.165, 1.54) is 24.3 Å². The molecule has 0 aromatic heterocycles. The van der Waals surface area contributed by atoms with E-state index in [2.05, 4.69) is 11.8 Å². The van der Waals surface area contributed by atoms with Gasteiger partial charge in [0.05, 0.1) is 4.92 Å². The quantitative estimate of drug-likeness (QED) is 0.209. The van der Waals surface area contributed by atoms with Gasteiger partial charge in [-0.05, 0) is 42.0 Å². The Balaban J connectivity index is 1.63. The second-order valence-electron chi connectivity index (χ2n) is 6.10. The molecule has 0 saturated heterocycles. The van der Waals surface area contributed by atoms with E-state index >= 15 is 0 Å². The molecule has 0 amide bonds. The van der Waals surface area contributed by atoms with E-state index in [-0.39, 0.29) is 11.4 Å². The summed E-state index contributed by atoms with van der Waals surface area (Å²) in [6, 6.07) is 20.0. The molecule has 0 heterocycles. The van der Waals surface area contributed by atoms with Crippen molar-refractivity contribution in [2.24, 2.45) is 0 Å². The van der Waals surface area contributed by atoms with Gasteiger partial charge < -0.3 is 9.47 Å². The summed E-state index contributed by atoms with van der Waals surface area (Å²) in [5.74, 6) is 6.67. The summed E-state index contributed by atoms with van der Waals surface area (Å²) in [6.07, 6.45) is 0.782. The van der Waals surface area contributed by atoms with Crippen molar-refractivity contribution in [3.63, 3.8) is 0 Å². The standard InChI is InChI=1S/C23H13NO5/c25-23(28-20-13-11-19(12-14-20)24(26)27)29-22-15-18-7-2-1-5-16(18)9-10-17-6-3-4-8-21(17)22/h1-8,11-15H. The van der Waals surface area contributed by atoms with Crippen LogP contribution in [0.15, 0.2) is 72.8 Å². The zero-order valence-electron chi connectivity index (χ0n) is 15.0. The summed E-state index contributed by atoms with van der Waals surface area (Å²) in [7, 11) is 0. The number of benzene rings is 3. The highest BCUT2D eigenvalue weighted by molar-refractivity contribution is 5.87. The van der Waals surface area contributed by atoms with E-state index in [0.29, 0.717) is 11.3 Å². The van der Waals surface area contributed by atoms with Crippen molar-refractivity contribution in [1.29, 1.82) is 0 Å². The van der Waals surface area contributed by atoms with Gasteiger partial charge in [0.1, 0.15) is 11.5 Å². The number of rotatable bonds is 3. The highest BCUT2D eigenvalue weighted by Crippen LogP contribution is 2.27. The topological polar surface area (TPSA) is 78.7 Å². The van der Waals surface area contributed by atoms with Crippen molar-refractivity contribution in [3.05, 3.63) is 105 Å². The van der Waals surface area contributed by atoms with Gasteiger partial charge in [0.25, 0.3) is 5.69 Å². The molecular formula is C23H13NO5. The Morgan fingerprint density at radius 3 is 2.24 bits per heavy atom. The number of carbonyl (C=O) groups is 1. The lowest BCUT2D eigenvalue weighted by molar-refractivity contribution is -0.384. The van der Waals surface area contributed by atoms with Crippen molar-refractivity contribution in [3.8, 4) is 17.6 Å². The maximum Gasteiger partial charge on any atom is 0.519 e. The van der Waals surface area contributed by atoms with Crippen LogP contribution < -0.4 is 4.74 Å². The first-order chi connectivity index (χ1) is 14.1. The molecule has 0 saturated carbocycles. The van der Waals surface area contributed by atoms with Crippen LogP contribution in [0.3, 0.4) is 0 Å². The molecule has 0 bridgehead atoms. The van der Waals surface area contributed by atoms with Gasteiger partial charge in [0, 0.05) is 28.8 Å². The number of hydrogen-bond donors (Lipinski definition) is 0. The predicted octanol–water partition coefficient (Wildman–Crippen LogP) is 5.02. The lowest BCUT2D eigenvalue weighted by atomic mass is 9.99. The van der Waals surface area contributed by atoms with Gasteiger partial charge in [-0.2, -0.15) is 0 Å². The molecule has 140 valence electrons. The van der Waals surface area contributed by atoms with Crippen LogP contribution in [0.4, 0.5) is 10.5 Å². The van der Waals surface area contributed by atoms with Gasteiger partial charge in [-0.15, -0.1) is 0 Å². The Morgan fingerprint density at radius 2 is 1.48 bits per heavy atom. The van der Waals surface area contributed by atoms with Crippen molar-refractivity contribution < 1.29 is 19.2 Å². The highest BCUT2D eigenvalue weighted by Gasteiger charge is 2.17. The Kier molecular flexibility index (Phi) is 4.79. The third-order valence-electron chi connectivity index (χ3n) is 4.21. The van der Waals surface area contributed by atoms with Crippen LogP contribution in [0.5, 0.6) is 5.75 Å². The second kappa shape index (κ2) is 7.71. The molecule has 6 heteroatoms. The molecule has 0 atom stereocenters. The Morgan fingerprint density at radius 1 is 0.828 bits per heavy atom. The fourth-order valence-corrected chi connectivity index (χ4v) is 2.82. The average Bonchev–Trinajstić information content (AvgIpc) is 2.72. The van der Waals surface area contributed by atoms with E-state index in [1.807, 2.05) is 48.5 Å². The SMILES string of the molecule is O=C(OC1=Cc2ccccc2C#Cc2ccccc21)Oc1ccc([N+](=O)[O-])cc1. The Hall–Kier alpha value is -4.37. The predicted molar refractivity (Wildman–Crippen MR) is 107 cm³/mol. The molecule has 0 N–H and O–H groups in total. The van der Waals surface area contributed by atoms with Crippen LogP contribution in [0.1, 0.15) is 22.3 Å². The number of hydrogen-bond acceptors (Lipinski definition) is 5. The van der Waals surface area contributed by atoms with Crippen LogP contribution in [0.25, 0.3) is 11.8 Å². The molecule has 1 aliphatic carbocycles. The molecule has 29 heavy (non-hydrogen) atoms. The first-order valence-corrected chi connectivity index (χ1v) is 8.66. The summed E-state index contributed by atoms with van der Waals surface area (Å²) in [5.41, 5.74) is 2.91. The fraction of sp³-hybridized carbons (Fsp3) is 0. The highest BCUT2D eigenvalue weighted by atomic mass is 16.7. The van der Waals surface area contributed by atoms with Gasteiger partial charge in [0.15, 0.2) is 0 Å². The van der Waals surface area contributed by atoms with Crippen molar-refractivity contribution in [2.75, 3.05) is 0 Å².